The Labute approximate surface area is 275 Å². The lowest BCUT2D eigenvalue weighted by atomic mass is 9.74. The van der Waals surface area contributed by atoms with Crippen molar-refractivity contribution in [3.8, 4) is 0 Å². The van der Waals surface area contributed by atoms with Gasteiger partial charge in [0.05, 0.1) is 43.9 Å². The molecule has 6 rings (SSSR count). The zero-order chi connectivity index (χ0) is 33.1. The van der Waals surface area contributed by atoms with Crippen LogP contribution in [0, 0.1) is 11.8 Å². The summed E-state index contributed by atoms with van der Waals surface area (Å²) in [5.74, 6) is -3.53. The van der Waals surface area contributed by atoms with Crippen molar-refractivity contribution in [2.45, 2.75) is 69.0 Å². The standard InChI is InChI=1S/C35H46N4O8/c1-3-25(22-40)39-31-33(43)38(17-16-37-18-20-45-21-19-37)15-9-5-8-12-27(41)36-23(2)30(24-10-6-4-7-11-24)46-34(44)28-26-13-14-35(31,47-26)29(28)32(39)42/h4-7,9-11,13-14,23,25-26,28-31,40H,3,8,12,15-22H2,1-2H3,(H,36,41)/b9-5-/t23-,25+,26+,28-,29-,30+,31+,35-/m1/s1. The molecule has 0 aromatic heterocycles. The minimum atomic E-state index is -1.39. The predicted molar refractivity (Wildman–Crippen MR) is 171 cm³/mol. The molecule has 2 N–H and O–H groups in total. The highest BCUT2D eigenvalue weighted by atomic mass is 16.6. The van der Waals surface area contributed by atoms with Crippen LogP contribution in [0.1, 0.15) is 44.8 Å². The van der Waals surface area contributed by atoms with Gasteiger partial charge in [0.2, 0.25) is 17.7 Å². The molecule has 0 unspecified atom stereocenters. The van der Waals surface area contributed by atoms with Crippen molar-refractivity contribution < 1.29 is 38.5 Å². The number of fused-ring (bicyclic) bond motifs is 2. The molecule has 12 heteroatoms. The molecule has 5 heterocycles. The number of nitrogens with one attached hydrogen (secondary N) is 1. The number of hydrogen-bond donors (Lipinski definition) is 2. The van der Waals surface area contributed by atoms with Crippen molar-refractivity contribution in [2.75, 3.05) is 52.5 Å². The Morgan fingerprint density at radius 2 is 1.81 bits per heavy atom. The molecule has 1 aromatic rings. The van der Waals surface area contributed by atoms with Gasteiger partial charge < -0.3 is 34.4 Å². The summed E-state index contributed by atoms with van der Waals surface area (Å²) in [6.45, 7) is 7.37. The van der Waals surface area contributed by atoms with E-state index in [0.29, 0.717) is 44.7 Å². The first kappa shape index (κ1) is 33.3. The highest BCUT2D eigenvalue weighted by Crippen LogP contribution is 2.56. The fourth-order valence-electron chi connectivity index (χ4n) is 7.76. The minimum Gasteiger partial charge on any atom is -0.455 e. The van der Waals surface area contributed by atoms with E-state index in [1.54, 1.807) is 24.0 Å². The average Bonchev–Trinajstić information content (AvgIpc) is 3.73. The number of amides is 3. The molecule has 0 radical (unpaired) electrons. The van der Waals surface area contributed by atoms with Crippen molar-refractivity contribution in [3.05, 3.63) is 60.2 Å². The number of aliphatic hydroxyl groups excluding tert-OH is 1. The van der Waals surface area contributed by atoms with Gasteiger partial charge in [-0.3, -0.25) is 24.1 Å². The van der Waals surface area contributed by atoms with Gasteiger partial charge in [-0.25, -0.2) is 0 Å². The molecule has 254 valence electrons. The highest BCUT2D eigenvalue weighted by Gasteiger charge is 2.74. The van der Waals surface area contributed by atoms with Gasteiger partial charge in [-0.05, 0) is 25.3 Å². The number of esters is 1. The quantitative estimate of drug-likeness (QED) is 0.330. The Bertz CT molecular complexity index is 1380. The van der Waals surface area contributed by atoms with Gasteiger partial charge in [-0.1, -0.05) is 61.6 Å². The maximum atomic E-state index is 14.8. The van der Waals surface area contributed by atoms with E-state index in [1.165, 1.54) is 4.90 Å². The zero-order valence-corrected chi connectivity index (χ0v) is 27.2. The van der Waals surface area contributed by atoms with E-state index < -0.39 is 59.6 Å². The van der Waals surface area contributed by atoms with Gasteiger partial charge >= 0.3 is 5.97 Å². The molecule has 1 aromatic carbocycles. The molecule has 12 nitrogen and oxygen atoms in total. The summed E-state index contributed by atoms with van der Waals surface area (Å²) in [4.78, 5) is 61.9. The first-order valence-electron chi connectivity index (χ1n) is 16.9. The van der Waals surface area contributed by atoms with Crippen LogP contribution in [0.5, 0.6) is 0 Å². The number of carbonyl (C=O) groups excluding carboxylic acids is 4. The smallest absolute Gasteiger partial charge is 0.313 e. The van der Waals surface area contributed by atoms with Gasteiger partial charge in [0.15, 0.2) is 0 Å². The molecule has 5 bridgehead atoms. The molecule has 8 atom stereocenters. The lowest BCUT2D eigenvalue weighted by Crippen LogP contribution is -2.59. The summed E-state index contributed by atoms with van der Waals surface area (Å²) < 4.78 is 18.2. The summed E-state index contributed by atoms with van der Waals surface area (Å²) in [7, 11) is 0. The normalized spacial score (nSPS) is 34.7. The molecule has 3 fully saturated rings. The van der Waals surface area contributed by atoms with E-state index in [-0.39, 0.29) is 31.4 Å². The van der Waals surface area contributed by atoms with Crippen LogP contribution >= 0.6 is 0 Å². The van der Waals surface area contributed by atoms with Crippen LogP contribution in [-0.4, -0.2) is 126 Å². The lowest BCUT2D eigenvalue weighted by molar-refractivity contribution is -0.162. The molecule has 5 aliphatic heterocycles. The maximum Gasteiger partial charge on any atom is 0.313 e. The number of cyclic esters (lactones) is 1. The van der Waals surface area contributed by atoms with Gasteiger partial charge in [-0.2, -0.15) is 0 Å². The molecule has 47 heavy (non-hydrogen) atoms. The molecular formula is C35H46N4O8. The van der Waals surface area contributed by atoms with Crippen LogP contribution in [0.2, 0.25) is 0 Å². The number of carbonyl (C=O) groups is 4. The number of rotatable bonds is 7. The molecular weight excluding hydrogens is 604 g/mol. The van der Waals surface area contributed by atoms with Crippen LogP contribution in [0.3, 0.4) is 0 Å². The van der Waals surface area contributed by atoms with Gasteiger partial charge in [-0.15, -0.1) is 0 Å². The largest absolute Gasteiger partial charge is 0.455 e. The Morgan fingerprint density at radius 3 is 2.53 bits per heavy atom. The fourth-order valence-corrected chi connectivity index (χ4v) is 7.76. The minimum absolute atomic E-state index is 0.187. The van der Waals surface area contributed by atoms with E-state index in [0.717, 1.165) is 13.1 Å². The van der Waals surface area contributed by atoms with Crippen molar-refractivity contribution in [1.82, 2.24) is 20.0 Å². The first-order chi connectivity index (χ1) is 22.8. The number of likely N-dealkylation sites (tertiary alicyclic amines) is 1. The summed E-state index contributed by atoms with van der Waals surface area (Å²) in [6, 6.07) is 6.93. The third-order valence-corrected chi connectivity index (χ3v) is 10.2. The summed E-state index contributed by atoms with van der Waals surface area (Å²) in [6.07, 6.45) is 6.83. The Hall–Kier alpha value is -3.58. The van der Waals surface area contributed by atoms with Crippen LogP contribution in [0.25, 0.3) is 0 Å². The molecule has 0 saturated carbocycles. The molecule has 5 aliphatic rings. The number of benzene rings is 1. The van der Waals surface area contributed by atoms with E-state index >= 15 is 0 Å². The molecule has 1 spiro atoms. The number of allylic oxidation sites excluding steroid dienone is 1. The SMILES string of the molecule is CC[C@@H](CO)N1C(=O)[C@H]2[C@@H]3C(=O)O[C@H](c4ccccc4)[C@@H](C)NC(=O)CC/C=C\CN(CCN4CCOCC4)C(=O)[C@H]1[C@@]21C=C[C@@H]3O1. The number of hydrogen-bond acceptors (Lipinski definition) is 9. The van der Waals surface area contributed by atoms with Crippen molar-refractivity contribution in [2.24, 2.45) is 11.8 Å². The molecule has 3 amide bonds. The fraction of sp³-hybridized carbons (Fsp3) is 0.600. The van der Waals surface area contributed by atoms with Crippen LogP contribution < -0.4 is 5.32 Å². The Morgan fingerprint density at radius 1 is 1.04 bits per heavy atom. The van der Waals surface area contributed by atoms with Crippen LogP contribution in [0.15, 0.2) is 54.6 Å². The second kappa shape index (κ2) is 14.3. The number of aliphatic hydroxyl groups is 1. The van der Waals surface area contributed by atoms with Gasteiger partial charge in [0.25, 0.3) is 0 Å². The van der Waals surface area contributed by atoms with E-state index in [2.05, 4.69) is 10.2 Å². The molecule has 0 aliphatic carbocycles. The monoisotopic (exact) mass is 650 g/mol. The third-order valence-electron chi connectivity index (χ3n) is 10.2. The maximum absolute atomic E-state index is 14.8. The van der Waals surface area contributed by atoms with Crippen LogP contribution in [0.4, 0.5) is 0 Å². The number of morpholine rings is 1. The second-order valence-corrected chi connectivity index (χ2v) is 13.1. The topological polar surface area (TPSA) is 138 Å². The number of nitrogens with zero attached hydrogens (tertiary/aromatic N) is 3. The summed E-state index contributed by atoms with van der Waals surface area (Å²) >= 11 is 0. The predicted octanol–water partition coefficient (Wildman–Crippen LogP) is 1.21. The first-order valence-corrected chi connectivity index (χ1v) is 16.9. The Kier molecular flexibility index (Phi) is 10.1. The second-order valence-electron chi connectivity index (χ2n) is 13.1. The highest BCUT2D eigenvalue weighted by molar-refractivity contribution is 5.99. The van der Waals surface area contributed by atoms with Gasteiger partial charge in [0.1, 0.15) is 23.7 Å². The van der Waals surface area contributed by atoms with Crippen LogP contribution in [-0.2, 0) is 33.4 Å². The lowest BCUT2D eigenvalue weighted by Gasteiger charge is -2.39. The van der Waals surface area contributed by atoms with Crippen molar-refractivity contribution >= 4 is 23.7 Å². The Balaban J connectivity index is 1.39. The van der Waals surface area contributed by atoms with E-state index in [4.69, 9.17) is 14.2 Å². The summed E-state index contributed by atoms with van der Waals surface area (Å²) in [5, 5.41) is 13.4. The van der Waals surface area contributed by atoms with E-state index in [1.807, 2.05) is 49.4 Å². The number of ether oxygens (including phenoxy) is 3. The summed E-state index contributed by atoms with van der Waals surface area (Å²) in [5.41, 5.74) is -0.683. The third kappa shape index (κ3) is 6.36. The average molecular weight is 651 g/mol. The molecule has 3 saturated heterocycles. The zero-order valence-electron chi connectivity index (χ0n) is 27.2. The van der Waals surface area contributed by atoms with Crippen molar-refractivity contribution in [3.63, 3.8) is 0 Å². The van der Waals surface area contributed by atoms with Gasteiger partial charge in [0, 0.05) is 39.1 Å². The van der Waals surface area contributed by atoms with Crippen molar-refractivity contribution in [1.29, 1.82) is 0 Å². The van der Waals surface area contributed by atoms with E-state index in [9.17, 15) is 24.3 Å².